The Hall–Kier alpha value is -3.97. The number of rotatable bonds is 2. The van der Waals surface area contributed by atoms with Crippen molar-refractivity contribution >= 4 is 9.84 Å². The highest BCUT2D eigenvalue weighted by atomic mass is 32.2. The molecule has 0 aliphatic heterocycles. The Labute approximate surface area is 180 Å². The Kier molecular flexibility index (Phi) is 8.48. The van der Waals surface area contributed by atoms with Crippen LogP contribution in [-0.4, -0.2) is 28.8 Å². The third kappa shape index (κ3) is 7.09. The van der Waals surface area contributed by atoms with Gasteiger partial charge < -0.3 is 20.4 Å². The fourth-order valence-corrected chi connectivity index (χ4v) is 3.78. The maximum atomic E-state index is 12.2. The first-order valence-electron chi connectivity index (χ1n) is 9.11. The first-order chi connectivity index (χ1) is 14.8. The van der Waals surface area contributed by atoms with Crippen molar-refractivity contribution in [3.8, 4) is 23.0 Å². The molecule has 0 bridgehead atoms. The van der Waals surface area contributed by atoms with E-state index < -0.39 is 9.84 Å². The van der Waals surface area contributed by atoms with Crippen LogP contribution in [0.25, 0.3) is 0 Å². The van der Waals surface area contributed by atoms with E-state index in [4.69, 9.17) is 10.2 Å². The van der Waals surface area contributed by atoms with E-state index in [1.165, 1.54) is 48.5 Å². The summed E-state index contributed by atoms with van der Waals surface area (Å²) in [6.07, 6.45) is 0. The van der Waals surface area contributed by atoms with Crippen LogP contribution in [0.3, 0.4) is 0 Å². The number of phenols is 4. The van der Waals surface area contributed by atoms with Gasteiger partial charge in [0.2, 0.25) is 9.84 Å². The molecule has 6 nitrogen and oxygen atoms in total. The Bertz CT molecular complexity index is 1090. The molecule has 0 amide bonds. The summed E-state index contributed by atoms with van der Waals surface area (Å²) in [5.74, 6) is -0.0310. The second-order valence-electron chi connectivity index (χ2n) is 6.11. The van der Waals surface area contributed by atoms with E-state index in [0.29, 0.717) is 11.5 Å². The Morgan fingerprint density at radius 2 is 0.710 bits per heavy atom. The SMILES string of the molecule is O=S(=O)(c1ccccc1O)c1ccccc1O.Oc1ccccc1.Oc1ccccc1. The van der Waals surface area contributed by atoms with E-state index in [0.717, 1.165) is 0 Å². The van der Waals surface area contributed by atoms with Gasteiger partial charge in [0.25, 0.3) is 0 Å². The number of hydrogen-bond donors (Lipinski definition) is 4. The number of para-hydroxylation sites is 4. The van der Waals surface area contributed by atoms with Crippen molar-refractivity contribution in [3.05, 3.63) is 109 Å². The number of sulfone groups is 1. The summed E-state index contributed by atoms with van der Waals surface area (Å²) in [6, 6.07) is 28.6. The minimum Gasteiger partial charge on any atom is -0.508 e. The van der Waals surface area contributed by atoms with E-state index >= 15 is 0 Å². The molecule has 7 heteroatoms. The smallest absolute Gasteiger partial charge is 0.213 e. The van der Waals surface area contributed by atoms with E-state index in [1.807, 2.05) is 12.1 Å². The third-order valence-corrected chi connectivity index (χ3v) is 5.67. The first-order valence-corrected chi connectivity index (χ1v) is 10.6. The van der Waals surface area contributed by atoms with Gasteiger partial charge >= 0.3 is 0 Å². The van der Waals surface area contributed by atoms with Crippen molar-refractivity contribution in [2.45, 2.75) is 9.79 Å². The van der Waals surface area contributed by atoms with Crippen molar-refractivity contribution in [2.75, 3.05) is 0 Å². The Morgan fingerprint density at radius 1 is 0.419 bits per heavy atom. The highest BCUT2D eigenvalue weighted by Crippen LogP contribution is 2.32. The summed E-state index contributed by atoms with van der Waals surface area (Å²) in [7, 11) is -3.90. The van der Waals surface area contributed by atoms with Crippen LogP contribution in [0.1, 0.15) is 0 Å². The van der Waals surface area contributed by atoms with Gasteiger partial charge in [-0.2, -0.15) is 0 Å². The van der Waals surface area contributed by atoms with Gasteiger partial charge in [0.05, 0.1) is 0 Å². The predicted octanol–water partition coefficient (Wildman–Crippen LogP) is 4.72. The molecule has 4 rings (SSSR count). The lowest BCUT2D eigenvalue weighted by Crippen LogP contribution is -2.02. The van der Waals surface area contributed by atoms with Gasteiger partial charge in [-0.3, -0.25) is 0 Å². The molecule has 0 unspecified atom stereocenters. The van der Waals surface area contributed by atoms with Crippen LogP contribution < -0.4 is 0 Å². The zero-order valence-corrected chi connectivity index (χ0v) is 17.2. The molecule has 31 heavy (non-hydrogen) atoms. The molecule has 0 heterocycles. The van der Waals surface area contributed by atoms with Crippen molar-refractivity contribution in [1.82, 2.24) is 0 Å². The predicted molar refractivity (Wildman–Crippen MR) is 118 cm³/mol. The summed E-state index contributed by atoms with van der Waals surface area (Å²) >= 11 is 0. The summed E-state index contributed by atoms with van der Waals surface area (Å²) in [5, 5.41) is 36.3. The van der Waals surface area contributed by atoms with Crippen LogP contribution >= 0.6 is 0 Å². The largest absolute Gasteiger partial charge is 0.508 e. The third-order valence-electron chi connectivity index (χ3n) is 3.82. The van der Waals surface area contributed by atoms with Crippen LogP contribution in [0.15, 0.2) is 119 Å². The highest BCUT2D eigenvalue weighted by Gasteiger charge is 2.23. The van der Waals surface area contributed by atoms with Gasteiger partial charge in [0.15, 0.2) is 0 Å². The zero-order chi connectivity index (χ0) is 22.7. The summed E-state index contributed by atoms with van der Waals surface area (Å²) in [6.45, 7) is 0. The molecule has 0 aliphatic carbocycles. The molecule has 0 atom stereocenters. The van der Waals surface area contributed by atoms with Crippen LogP contribution in [0.2, 0.25) is 0 Å². The number of benzene rings is 4. The molecule has 4 aromatic carbocycles. The maximum Gasteiger partial charge on any atom is 0.213 e. The fourth-order valence-electron chi connectivity index (χ4n) is 2.34. The van der Waals surface area contributed by atoms with Gasteiger partial charge in [-0.05, 0) is 48.5 Å². The van der Waals surface area contributed by atoms with Gasteiger partial charge in [-0.15, -0.1) is 0 Å². The average molecular weight is 439 g/mol. The van der Waals surface area contributed by atoms with Gasteiger partial charge in [0.1, 0.15) is 32.8 Å². The summed E-state index contributed by atoms with van der Waals surface area (Å²) in [4.78, 5) is -0.442. The van der Waals surface area contributed by atoms with Crippen LogP contribution in [-0.2, 0) is 9.84 Å². The maximum absolute atomic E-state index is 12.2. The van der Waals surface area contributed by atoms with E-state index in [2.05, 4.69) is 0 Å². The van der Waals surface area contributed by atoms with Crippen LogP contribution in [0.4, 0.5) is 0 Å². The minimum absolute atomic E-state index is 0.221. The van der Waals surface area contributed by atoms with Gasteiger partial charge in [-0.1, -0.05) is 60.7 Å². The number of hydrogen-bond acceptors (Lipinski definition) is 6. The van der Waals surface area contributed by atoms with Gasteiger partial charge in [0, 0.05) is 0 Å². The molecule has 4 N–H and O–H groups in total. The van der Waals surface area contributed by atoms with E-state index in [9.17, 15) is 18.6 Å². The number of phenolic OH excluding ortho intramolecular Hbond substituents is 4. The number of aromatic hydroxyl groups is 4. The quantitative estimate of drug-likeness (QED) is 0.360. The summed E-state index contributed by atoms with van der Waals surface area (Å²) < 4.78 is 24.3. The molecule has 0 spiro atoms. The average Bonchev–Trinajstić information content (AvgIpc) is 2.76. The molecule has 4 aromatic rings. The Morgan fingerprint density at radius 3 is 0.968 bits per heavy atom. The lowest BCUT2D eigenvalue weighted by Gasteiger charge is -2.07. The van der Waals surface area contributed by atoms with Crippen molar-refractivity contribution in [3.63, 3.8) is 0 Å². The van der Waals surface area contributed by atoms with E-state index in [-0.39, 0.29) is 21.3 Å². The highest BCUT2D eigenvalue weighted by molar-refractivity contribution is 7.91. The Balaban J connectivity index is 0.000000199. The van der Waals surface area contributed by atoms with Crippen molar-refractivity contribution in [2.24, 2.45) is 0 Å². The topological polar surface area (TPSA) is 115 Å². The molecule has 0 aromatic heterocycles. The zero-order valence-electron chi connectivity index (χ0n) is 16.4. The normalized spacial score (nSPS) is 10.1. The molecule has 0 aliphatic rings. The molecule has 0 saturated heterocycles. The first kappa shape index (κ1) is 23.3. The lowest BCUT2D eigenvalue weighted by atomic mass is 10.3. The molecular formula is C24H22O6S. The summed E-state index contributed by atoms with van der Waals surface area (Å²) in [5.41, 5.74) is 0. The minimum atomic E-state index is -3.90. The standard InChI is InChI=1S/C12H10O4S.2C6H6O/c13-9-5-1-3-7-11(9)17(15,16)12-8-4-2-6-10(12)14;2*7-6-4-2-1-3-5-6/h1-8,13-14H;2*1-5,7H. The monoisotopic (exact) mass is 438 g/mol. The van der Waals surface area contributed by atoms with E-state index in [1.54, 1.807) is 48.5 Å². The molecule has 0 radical (unpaired) electrons. The molecule has 160 valence electrons. The van der Waals surface area contributed by atoms with Crippen LogP contribution in [0.5, 0.6) is 23.0 Å². The molecular weight excluding hydrogens is 416 g/mol. The lowest BCUT2D eigenvalue weighted by molar-refractivity contribution is 0.453. The molecule has 0 fully saturated rings. The van der Waals surface area contributed by atoms with Gasteiger partial charge in [-0.25, -0.2) is 8.42 Å². The van der Waals surface area contributed by atoms with Crippen molar-refractivity contribution in [1.29, 1.82) is 0 Å². The second kappa shape index (κ2) is 11.3. The second-order valence-corrected chi connectivity index (χ2v) is 8.00. The van der Waals surface area contributed by atoms with Crippen LogP contribution in [0, 0.1) is 0 Å². The molecule has 0 saturated carbocycles. The fraction of sp³-hybridized carbons (Fsp3) is 0. The van der Waals surface area contributed by atoms with Crippen molar-refractivity contribution < 1.29 is 28.8 Å².